The van der Waals surface area contributed by atoms with Crippen LogP contribution in [0, 0.1) is 0 Å². The molecule has 0 heterocycles. The van der Waals surface area contributed by atoms with Crippen LogP contribution in [0.25, 0.3) is 0 Å². The predicted octanol–water partition coefficient (Wildman–Crippen LogP) is 5.03. The molecule has 0 fully saturated rings. The fourth-order valence-electron chi connectivity index (χ4n) is 1.80. The van der Waals surface area contributed by atoms with E-state index in [1.54, 1.807) is 24.3 Å². The minimum atomic E-state index is -0.315. The Labute approximate surface area is 156 Å². The zero-order valence-electron chi connectivity index (χ0n) is 12.1. The van der Waals surface area contributed by atoms with Crippen LogP contribution in [0.5, 0.6) is 5.75 Å². The first-order valence-electron chi connectivity index (χ1n) is 6.72. The second kappa shape index (κ2) is 8.47. The topological polar surface area (TPSA) is 50.7 Å². The van der Waals surface area contributed by atoms with E-state index in [0.29, 0.717) is 22.9 Å². The molecule has 2 rings (SSSR count). The third-order valence-electron chi connectivity index (χ3n) is 2.80. The van der Waals surface area contributed by atoms with E-state index in [0.717, 1.165) is 14.5 Å². The molecule has 1 N–H and O–H groups in total. The monoisotopic (exact) mass is 458 g/mol. The van der Waals surface area contributed by atoms with E-state index in [4.69, 9.17) is 16.3 Å². The van der Waals surface area contributed by atoms with Gasteiger partial charge in [0.2, 0.25) is 0 Å². The number of nitrogens with zero attached hydrogens (tertiary/aromatic N) is 1. The van der Waals surface area contributed by atoms with E-state index in [1.165, 1.54) is 6.21 Å². The van der Waals surface area contributed by atoms with Gasteiger partial charge in [-0.3, -0.25) is 4.79 Å². The first-order valence-corrected chi connectivity index (χ1v) is 8.68. The van der Waals surface area contributed by atoms with Gasteiger partial charge >= 0.3 is 0 Å². The molecular formula is C16H13Br2ClN2O2. The molecule has 4 nitrogen and oxygen atoms in total. The first kappa shape index (κ1) is 18.0. The first-order chi connectivity index (χ1) is 11.0. The number of hydrogen-bond acceptors (Lipinski definition) is 3. The summed E-state index contributed by atoms with van der Waals surface area (Å²) in [6.45, 7) is 2.43. The van der Waals surface area contributed by atoms with Crippen LogP contribution in [0.1, 0.15) is 22.8 Å². The maximum atomic E-state index is 12.0. The summed E-state index contributed by atoms with van der Waals surface area (Å²) >= 11 is 12.7. The Morgan fingerprint density at radius 1 is 1.30 bits per heavy atom. The maximum Gasteiger partial charge on any atom is 0.271 e. The second-order valence-electron chi connectivity index (χ2n) is 4.44. The van der Waals surface area contributed by atoms with Crippen molar-refractivity contribution >= 4 is 55.6 Å². The van der Waals surface area contributed by atoms with Gasteiger partial charge in [-0.15, -0.1) is 0 Å². The Morgan fingerprint density at radius 2 is 2.00 bits per heavy atom. The van der Waals surface area contributed by atoms with E-state index in [1.807, 2.05) is 19.1 Å². The highest BCUT2D eigenvalue weighted by molar-refractivity contribution is 9.11. The molecular weight excluding hydrogens is 447 g/mol. The lowest BCUT2D eigenvalue weighted by Crippen LogP contribution is -2.17. The van der Waals surface area contributed by atoms with Crippen LogP contribution in [-0.2, 0) is 0 Å². The van der Waals surface area contributed by atoms with Crippen LogP contribution < -0.4 is 10.2 Å². The highest BCUT2D eigenvalue weighted by atomic mass is 79.9. The van der Waals surface area contributed by atoms with Gasteiger partial charge in [-0.1, -0.05) is 27.5 Å². The highest BCUT2D eigenvalue weighted by Crippen LogP contribution is 2.32. The van der Waals surface area contributed by atoms with Gasteiger partial charge in [0.25, 0.3) is 5.91 Å². The molecule has 0 aromatic heterocycles. The fourth-order valence-corrected chi connectivity index (χ4v) is 3.30. The third-order valence-corrected chi connectivity index (χ3v) is 4.10. The zero-order valence-corrected chi connectivity index (χ0v) is 16.1. The lowest BCUT2D eigenvalue weighted by atomic mass is 10.2. The van der Waals surface area contributed by atoms with Crippen molar-refractivity contribution in [1.29, 1.82) is 0 Å². The van der Waals surface area contributed by atoms with E-state index < -0.39 is 0 Å². The molecule has 2 aromatic carbocycles. The number of rotatable bonds is 5. The summed E-state index contributed by atoms with van der Waals surface area (Å²) in [6.07, 6.45) is 1.54. The van der Waals surface area contributed by atoms with Crippen LogP contribution in [-0.4, -0.2) is 18.7 Å². The number of ether oxygens (including phenoxy) is 1. The largest absolute Gasteiger partial charge is 0.492 e. The Hall–Kier alpha value is -1.37. The van der Waals surface area contributed by atoms with E-state index in [-0.39, 0.29) is 5.91 Å². The van der Waals surface area contributed by atoms with Gasteiger partial charge in [-0.05, 0) is 59.3 Å². The molecule has 0 saturated heterocycles. The molecule has 0 saturated carbocycles. The summed E-state index contributed by atoms with van der Waals surface area (Å²) in [5.74, 6) is 0.352. The number of hydrazone groups is 1. The number of benzene rings is 2. The van der Waals surface area contributed by atoms with Gasteiger partial charge in [-0.2, -0.15) is 5.10 Å². The summed E-state index contributed by atoms with van der Waals surface area (Å²) in [7, 11) is 0. The number of amides is 1. The molecule has 0 aliphatic rings. The van der Waals surface area contributed by atoms with Crippen molar-refractivity contribution in [3.8, 4) is 5.75 Å². The van der Waals surface area contributed by atoms with Gasteiger partial charge in [0, 0.05) is 20.6 Å². The lowest BCUT2D eigenvalue weighted by molar-refractivity contribution is 0.0955. The number of nitrogens with one attached hydrogen (secondary N) is 1. The van der Waals surface area contributed by atoms with Crippen LogP contribution in [0.3, 0.4) is 0 Å². The third kappa shape index (κ3) is 5.06. The van der Waals surface area contributed by atoms with Gasteiger partial charge < -0.3 is 4.74 Å². The second-order valence-corrected chi connectivity index (χ2v) is 6.65. The van der Waals surface area contributed by atoms with Crippen molar-refractivity contribution in [1.82, 2.24) is 5.43 Å². The molecule has 0 spiro atoms. The summed E-state index contributed by atoms with van der Waals surface area (Å²) in [5.41, 5.74) is 3.70. The zero-order chi connectivity index (χ0) is 16.8. The molecule has 0 atom stereocenters. The van der Waals surface area contributed by atoms with Crippen LogP contribution in [0.15, 0.2) is 50.4 Å². The summed E-state index contributed by atoms with van der Waals surface area (Å²) in [6, 6.07) is 10.3. The predicted molar refractivity (Wildman–Crippen MR) is 99.5 cm³/mol. The Morgan fingerprint density at radius 3 is 2.65 bits per heavy atom. The van der Waals surface area contributed by atoms with Gasteiger partial charge in [-0.25, -0.2) is 5.43 Å². The number of hydrogen-bond donors (Lipinski definition) is 1. The normalized spacial score (nSPS) is 10.8. The van der Waals surface area contributed by atoms with Crippen LogP contribution in [0.2, 0.25) is 5.02 Å². The van der Waals surface area contributed by atoms with E-state index >= 15 is 0 Å². The summed E-state index contributed by atoms with van der Waals surface area (Å²) in [4.78, 5) is 12.0. The average Bonchev–Trinajstić information content (AvgIpc) is 2.51. The van der Waals surface area contributed by atoms with Gasteiger partial charge in [0.1, 0.15) is 5.75 Å². The number of carbonyl (C=O) groups excluding carboxylic acids is 1. The molecule has 23 heavy (non-hydrogen) atoms. The van der Waals surface area contributed by atoms with Crippen LogP contribution in [0.4, 0.5) is 0 Å². The number of carbonyl (C=O) groups is 1. The smallest absolute Gasteiger partial charge is 0.271 e. The van der Waals surface area contributed by atoms with Crippen molar-refractivity contribution in [2.45, 2.75) is 6.92 Å². The van der Waals surface area contributed by atoms with Crippen molar-refractivity contribution in [3.63, 3.8) is 0 Å². The molecule has 0 aliphatic heterocycles. The molecule has 2 aromatic rings. The molecule has 1 amide bonds. The molecule has 0 bridgehead atoms. The van der Waals surface area contributed by atoms with Crippen molar-refractivity contribution in [2.75, 3.05) is 6.61 Å². The standard InChI is InChI=1S/C16H13Br2ClN2O2/c1-2-23-15-11(7-12(17)8-14(15)18)9-20-21-16(22)10-3-5-13(19)6-4-10/h3-9H,2H2,1H3,(H,21,22)/b20-9-. The highest BCUT2D eigenvalue weighted by Gasteiger charge is 2.09. The summed E-state index contributed by atoms with van der Waals surface area (Å²) in [5, 5.41) is 4.56. The van der Waals surface area contributed by atoms with Crippen molar-refractivity contribution < 1.29 is 9.53 Å². The Bertz CT molecular complexity index is 734. The summed E-state index contributed by atoms with van der Waals surface area (Å²) < 4.78 is 7.27. The molecule has 0 radical (unpaired) electrons. The molecule has 0 unspecified atom stereocenters. The Kier molecular flexibility index (Phi) is 6.62. The molecule has 120 valence electrons. The Balaban J connectivity index is 2.14. The fraction of sp³-hybridized carbons (Fsp3) is 0.125. The minimum absolute atomic E-state index is 0.315. The minimum Gasteiger partial charge on any atom is -0.492 e. The molecule has 7 heteroatoms. The lowest BCUT2D eigenvalue weighted by Gasteiger charge is -2.10. The van der Waals surface area contributed by atoms with Crippen LogP contribution >= 0.6 is 43.5 Å². The SMILES string of the molecule is CCOc1c(Br)cc(Br)cc1/C=N\NC(=O)c1ccc(Cl)cc1. The van der Waals surface area contributed by atoms with E-state index in [2.05, 4.69) is 42.4 Å². The van der Waals surface area contributed by atoms with E-state index in [9.17, 15) is 4.79 Å². The average molecular weight is 461 g/mol. The quantitative estimate of drug-likeness (QED) is 0.503. The number of halogens is 3. The maximum absolute atomic E-state index is 12.0. The van der Waals surface area contributed by atoms with Gasteiger partial charge in [0.15, 0.2) is 0 Å². The van der Waals surface area contributed by atoms with Crippen molar-refractivity contribution in [3.05, 3.63) is 61.5 Å². The molecule has 0 aliphatic carbocycles. The van der Waals surface area contributed by atoms with Crippen molar-refractivity contribution in [2.24, 2.45) is 5.10 Å². The van der Waals surface area contributed by atoms with Gasteiger partial charge in [0.05, 0.1) is 17.3 Å².